The van der Waals surface area contributed by atoms with Gasteiger partial charge in [-0.15, -0.1) is 0 Å². The molecule has 0 saturated heterocycles. The standard InChI is InChI=1S/C15H19N3OS/c1-2-9-18(10-11-7-8-11)15(19)17-14-16-12-5-3-4-6-13(12)20-14/h3-6,11H,2,7-10H2,1H3,(H,16,17,19). The first-order chi connectivity index (χ1) is 9.76. The van der Waals surface area contributed by atoms with Gasteiger partial charge in [0.2, 0.25) is 0 Å². The van der Waals surface area contributed by atoms with E-state index in [4.69, 9.17) is 0 Å². The van der Waals surface area contributed by atoms with Crippen LogP contribution in [0.25, 0.3) is 10.2 Å². The van der Waals surface area contributed by atoms with Gasteiger partial charge in [0.15, 0.2) is 5.13 Å². The fourth-order valence-corrected chi connectivity index (χ4v) is 3.11. The number of carbonyl (C=O) groups excluding carboxylic acids is 1. The largest absolute Gasteiger partial charge is 0.324 e. The third-order valence-electron chi connectivity index (χ3n) is 3.46. The Bertz CT molecular complexity index is 573. The molecule has 2 aromatic rings. The molecule has 0 unspecified atom stereocenters. The lowest BCUT2D eigenvalue weighted by molar-refractivity contribution is 0.209. The first kappa shape index (κ1) is 13.4. The van der Waals surface area contributed by atoms with Crippen LogP contribution in [0.4, 0.5) is 9.93 Å². The number of aromatic nitrogens is 1. The van der Waals surface area contributed by atoms with E-state index in [1.165, 1.54) is 24.2 Å². The highest BCUT2D eigenvalue weighted by Crippen LogP contribution is 2.30. The Kier molecular flexibility index (Phi) is 3.87. The molecule has 4 nitrogen and oxygen atoms in total. The van der Waals surface area contributed by atoms with Crippen LogP contribution >= 0.6 is 11.3 Å². The van der Waals surface area contributed by atoms with Gasteiger partial charge >= 0.3 is 6.03 Å². The van der Waals surface area contributed by atoms with Gasteiger partial charge in [0.25, 0.3) is 0 Å². The highest BCUT2D eigenvalue weighted by molar-refractivity contribution is 7.22. The zero-order valence-corrected chi connectivity index (χ0v) is 12.4. The minimum atomic E-state index is -0.0159. The summed E-state index contributed by atoms with van der Waals surface area (Å²) >= 11 is 1.53. The summed E-state index contributed by atoms with van der Waals surface area (Å²) in [5.41, 5.74) is 0.942. The van der Waals surface area contributed by atoms with E-state index in [0.717, 1.165) is 29.7 Å². The average molecular weight is 289 g/mol. The summed E-state index contributed by atoms with van der Waals surface area (Å²) in [7, 11) is 0. The van der Waals surface area contributed by atoms with E-state index < -0.39 is 0 Å². The molecule has 0 spiro atoms. The average Bonchev–Trinajstić information content (AvgIpc) is 3.16. The first-order valence-electron chi connectivity index (χ1n) is 7.17. The number of hydrogen-bond donors (Lipinski definition) is 1. The summed E-state index contributed by atoms with van der Waals surface area (Å²) in [5, 5.41) is 3.63. The van der Waals surface area contributed by atoms with Gasteiger partial charge in [0, 0.05) is 13.1 Å². The number of fused-ring (bicyclic) bond motifs is 1. The van der Waals surface area contributed by atoms with Crippen molar-refractivity contribution in [3.63, 3.8) is 0 Å². The second-order valence-electron chi connectivity index (χ2n) is 5.31. The number of anilines is 1. The van der Waals surface area contributed by atoms with Crippen molar-refractivity contribution in [2.75, 3.05) is 18.4 Å². The van der Waals surface area contributed by atoms with E-state index in [1.54, 1.807) is 0 Å². The molecule has 1 aliphatic carbocycles. The van der Waals surface area contributed by atoms with E-state index in [0.29, 0.717) is 11.0 Å². The SMILES string of the molecule is CCCN(CC1CC1)C(=O)Nc1nc2ccccc2s1. The van der Waals surface area contributed by atoms with Crippen molar-refractivity contribution in [1.29, 1.82) is 0 Å². The Morgan fingerprint density at radius 1 is 1.45 bits per heavy atom. The molecule has 0 atom stereocenters. The van der Waals surface area contributed by atoms with Gasteiger partial charge in [0.1, 0.15) is 0 Å². The van der Waals surface area contributed by atoms with Crippen LogP contribution in [0.5, 0.6) is 0 Å². The molecule has 1 aromatic carbocycles. The number of nitrogens with zero attached hydrogens (tertiary/aromatic N) is 2. The maximum Gasteiger partial charge on any atom is 0.323 e. The molecule has 1 aromatic heterocycles. The van der Waals surface area contributed by atoms with Crippen LogP contribution < -0.4 is 5.32 Å². The lowest BCUT2D eigenvalue weighted by Crippen LogP contribution is -2.37. The van der Waals surface area contributed by atoms with Crippen LogP contribution in [0.15, 0.2) is 24.3 Å². The Hall–Kier alpha value is -1.62. The van der Waals surface area contributed by atoms with Crippen LogP contribution in [-0.2, 0) is 0 Å². The summed E-state index contributed by atoms with van der Waals surface area (Å²) in [5.74, 6) is 0.711. The number of rotatable bonds is 5. The Morgan fingerprint density at radius 2 is 2.25 bits per heavy atom. The lowest BCUT2D eigenvalue weighted by Gasteiger charge is -2.21. The third kappa shape index (κ3) is 3.10. The monoisotopic (exact) mass is 289 g/mol. The smallest absolute Gasteiger partial charge is 0.323 e. The Balaban J connectivity index is 1.69. The fraction of sp³-hybridized carbons (Fsp3) is 0.467. The second-order valence-corrected chi connectivity index (χ2v) is 6.34. The van der Waals surface area contributed by atoms with E-state index in [2.05, 4.69) is 17.2 Å². The lowest BCUT2D eigenvalue weighted by atomic mass is 10.3. The number of para-hydroxylation sites is 1. The summed E-state index contributed by atoms with van der Waals surface area (Å²) < 4.78 is 1.10. The number of urea groups is 1. The van der Waals surface area contributed by atoms with Crippen LogP contribution in [0, 0.1) is 5.92 Å². The molecule has 5 heteroatoms. The summed E-state index contributed by atoms with van der Waals surface area (Å²) in [4.78, 5) is 18.7. The van der Waals surface area contributed by atoms with Gasteiger partial charge in [-0.3, -0.25) is 5.32 Å². The van der Waals surface area contributed by atoms with Crippen LogP contribution in [0.2, 0.25) is 0 Å². The number of nitrogens with one attached hydrogen (secondary N) is 1. The van der Waals surface area contributed by atoms with Crippen LogP contribution in [-0.4, -0.2) is 29.0 Å². The topological polar surface area (TPSA) is 45.2 Å². The molecule has 1 fully saturated rings. The van der Waals surface area contributed by atoms with Gasteiger partial charge in [-0.05, 0) is 37.3 Å². The summed E-state index contributed by atoms with van der Waals surface area (Å²) in [6.07, 6.45) is 3.50. The predicted molar refractivity (Wildman–Crippen MR) is 83.2 cm³/mol. The normalized spacial score (nSPS) is 14.4. The molecule has 2 amide bonds. The molecular formula is C15H19N3OS. The maximum atomic E-state index is 12.3. The molecule has 1 aliphatic rings. The van der Waals surface area contributed by atoms with Crippen molar-refractivity contribution < 1.29 is 4.79 Å². The predicted octanol–water partition coefficient (Wildman–Crippen LogP) is 3.95. The van der Waals surface area contributed by atoms with Crippen molar-refractivity contribution in [2.45, 2.75) is 26.2 Å². The van der Waals surface area contributed by atoms with Crippen molar-refractivity contribution in [3.05, 3.63) is 24.3 Å². The van der Waals surface area contributed by atoms with Gasteiger partial charge in [-0.25, -0.2) is 9.78 Å². The Morgan fingerprint density at radius 3 is 2.95 bits per heavy atom. The molecule has 0 aliphatic heterocycles. The van der Waals surface area contributed by atoms with E-state index >= 15 is 0 Å². The maximum absolute atomic E-state index is 12.3. The van der Waals surface area contributed by atoms with E-state index in [-0.39, 0.29) is 6.03 Å². The van der Waals surface area contributed by atoms with Crippen molar-refractivity contribution in [3.8, 4) is 0 Å². The molecule has 3 rings (SSSR count). The van der Waals surface area contributed by atoms with Crippen LogP contribution in [0.1, 0.15) is 26.2 Å². The number of benzene rings is 1. The van der Waals surface area contributed by atoms with Crippen LogP contribution in [0.3, 0.4) is 0 Å². The molecular weight excluding hydrogens is 270 g/mol. The number of thiazole rings is 1. The highest BCUT2D eigenvalue weighted by Gasteiger charge is 2.26. The summed E-state index contributed by atoms with van der Waals surface area (Å²) in [6.45, 7) is 3.79. The fourth-order valence-electron chi connectivity index (χ4n) is 2.25. The van der Waals surface area contributed by atoms with Gasteiger partial charge < -0.3 is 4.90 Å². The minimum Gasteiger partial charge on any atom is -0.324 e. The molecule has 1 heterocycles. The quantitative estimate of drug-likeness (QED) is 0.905. The molecule has 106 valence electrons. The third-order valence-corrected chi connectivity index (χ3v) is 4.42. The molecule has 20 heavy (non-hydrogen) atoms. The number of hydrogen-bond acceptors (Lipinski definition) is 3. The van der Waals surface area contributed by atoms with Crippen molar-refractivity contribution >= 4 is 32.7 Å². The molecule has 0 bridgehead atoms. The highest BCUT2D eigenvalue weighted by atomic mass is 32.1. The minimum absolute atomic E-state index is 0.0159. The Labute approximate surface area is 122 Å². The number of carbonyl (C=O) groups is 1. The van der Waals surface area contributed by atoms with Gasteiger partial charge in [-0.2, -0.15) is 0 Å². The van der Waals surface area contributed by atoms with E-state index in [9.17, 15) is 4.79 Å². The second kappa shape index (κ2) is 5.79. The molecule has 0 radical (unpaired) electrons. The zero-order chi connectivity index (χ0) is 13.9. The molecule has 1 saturated carbocycles. The van der Waals surface area contributed by atoms with E-state index in [1.807, 2.05) is 29.2 Å². The first-order valence-corrected chi connectivity index (χ1v) is 7.99. The van der Waals surface area contributed by atoms with Crippen molar-refractivity contribution in [1.82, 2.24) is 9.88 Å². The molecule has 1 N–H and O–H groups in total. The van der Waals surface area contributed by atoms with Crippen molar-refractivity contribution in [2.24, 2.45) is 5.92 Å². The van der Waals surface area contributed by atoms with Gasteiger partial charge in [0.05, 0.1) is 10.2 Å². The zero-order valence-electron chi connectivity index (χ0n) is 11.6. The van der Waals surface area contributed by atoms with Gasteiger partial charge in [-0.1, -0.05) is 30.4 Å². The number of amides is 2. The summed E-state index contributed by atoms with van der Waals surface area (Å²) in [6, 6.07) is 7.93.